The third-order valence-electron chi connectivity index (χ3n) is 5.71. The molecule has 2 aliphatic rings. The molecule has 172 valence electrons. The fourth-order valence-electron chi connectivity index (χ4n) is 4.19. The van der Waals surface area contributed by atoms with Crippen LogP contribution in [0.1, 0.15) is 34.1 Å². The molecule has 0 aliphatic carbocycles. The highest BCUT2D eigenvalue weighted by Gasteiger charge is 2.48. The van der Waals surface area contributed by atoms with Crippen LogP contribution in [0.3, 0.4) is 0 Å². The van der Waals surface area contributed by atoms with E-state index in [-0.39, 0.29) is 11.8 Å². The Morgan fingerprint density at radius 3 is 2.44 bits per heavy atom. The summed E-state index contributed by atoms with van der Waals surface area (Å²) in [5, 5.41) is 4.10. The summed E-state index contributed by atoms with van der Waals surface area (Å²) >= 11 is 0. The lowest BCUT2D eigenvalue weighted by atomic mass is 9.90. The van der Waals surface area contributed by atoms with E-state index >= 15 is 0 Å². The number of rotatable bonds is 6. The first-order valence-electron chi connectivity index (χ1n) is 11.1. The van der Waals surface area contributed by atoms with Crippen LogP contribution in [0.25, 0.3) is 11.5 Å². The number of carbonyl (C=O) groups excluding carboxylic acids is 2. The number of aromatic nitrogens is 2. The molecule has 2 aromatic rings. The molecule has 1 aromatic heterocycles. The number of amides is 1. The summed E-state index contributed by atoms with van der Waals surface area (Å²) in [4.78, 5) is 34.1. The highest BCUT2D eigenvalue weighted by molar-refractivity contribution is 5.88. The van der Waals surface area contributed by atoms with Crippen molar-refractivity contribution < 1.29 is 23.6 Å². The summed E-state index contributed by atoms with van der Waals surface area (Å²) in [6, 6.07) is 9.60. The lowest BCUT2D eigenvalue weighted by Gasteiger charge is -2.36. The number of ether oxygens (including phenoxy) is 2. The van der Waals surface area contributed by atoms with E-state index in [4.69, 9.17) is 14.0 Å². The van der Waals surface area contributed by atoms with Crippen LogP contribution < -0.4 is 4.90 Å². The zero-order chi connectivity index (χ0) is 22.9. The molecule has 1 amide bonds. The summed E-state index contributed by atoms with van der Waals surface area (Å²) in [7, 11) is 0. The fourth-order valence-corrected chi connectivity index (χ4v) is 4.19. The largest absolute Gasteiger partial charge is 0.432 e. The Hall–Kier alpha value is -2.94. The number of hydrogen-bond acceptors (Lipinski definition) is 8. The molecule has 9 nitrogen and oxygen atoms in total. The number of hydrogen-bond donors (Lipinski definition) is 0. The van der Waals surface area contributed by atoms with Gasteiger partial charge in [-0.3, -0.25) is 4.79 Å². The van der Waals surface area contributed by atoms with Gasteiger partial charge in [0, 0.05) is 45.6 Å². The molecular formula is C23H30N4O5. The van der Waals surface area contributed by atoms with Gasteiger partial charge < -0.3 is 23.8 Å². The Kier molecular flexibility index (Phi) is 6.19. The predicted molar refractivity (Wildman–Crippen MR) is 117 cm³/mol. The second-order valence-corrected chi connectivity index (χ2v) is 9.17. The Labute approximate surface area is 187 Å². The van der Waals surface area contributed by atoms with Gasteiger partial charge >= 0.3 is 5.97 Å². The Balaban J connectivity index is 1.41. The molecule has 2 aliphatic heterocycles. The maximum Gasteiger partial charge on any atom is 0.338 e. The second kappa shape index (κ2) is 8.90. The van der Waals surface area contributed by atoms with E-state index in [9.17, 15) is 9.59 Å². The van der Waals surface area contributed by atoms with E-state index < -0.39 is 23.8 Å². The molecule has 1 unspecified atom stereocenters. The number of anilines is 1. The third-order valence-corrected chi connectivity index (χ3v) is 5.71. The van der Waals surface area contributed by atoms with Crippen LogP contribution in [0.4, 0.5) is 5.95 Å². The van der Waals surface area contributed by atoms with Crippen molar-refractivity contribution in [2.24, 2.45) is 11.8 Å². The summed E-state index contributed by atoms with van der Waals surface area (Å²) in [5.41, 5.74) is 0.864. The van der Waals surface area contributed by atoms with Gasteiger partial charge in [-0.15, -0.1) is 0 Å². The summed E-state index contributed by atoms with van der Waals surface area (Å²) in [6.07, 6.45) is -0.316. The minimum atomic E-state index is -1.01. The molecule has 2 atom stereocenters. The van der Waals surface area contributed by atoms with Crippen molar-refractivity contribution in [1.29, 1.82) is 0 Å². The topological polar surface area (TPSA) is 98.0 Å². The highest BCUT2D eigenvalue weighted by Crippen LogP contribution is 2.32. The molecule has 32 heavy (non-hydrogen) atoms. The highest BCUT2D eigenvalue weighted by atomic mass is 16.8. The molecule has 1 aromatic carbocycles. The number of piperazine rings is 1. The van der Waals surface area contributed by atoms with Crippen molar-refractivity contribution in [2.45, 2.75) is 46.0 Å². The van der Waals surface area contributed by atoms with Crippen LogP contribution in [0.15, 0.2) is 34.9 Å². The molecule has 3 heterocycles. The summed E-state index contributed by atoms with van der Waals surface area (Å²) < 4.78 is 16.5. The zero-order valence-corrected chi connectivity index (χ0v) is 19.0. The van der Waals surface area contributed by atoms with E-state index in [0.717, 1.165) is 5.56 Å². The van der Waals surface area contributed by atoms with Crippen LogP contribution in [0.2, 0.25) is 0 Å². The first-order chi connectivity index (χ1) is 15.2. The van der Waals surface area contributed by atoms with E-state index in [1.165, 1.54) is 0 Å². The molecule has 2 saturated heterocycles. The number of benzene rings is 1. The smallest absolute Gasteiger partial charge is 0.338 e. The minimum absolute atomic E-state index is 0.0731. The van der Waals surface area contributed by atoms with Gasteiger partial charge in [0.25, 0.3) is 11.8 Å². The Bertz CT molecular complexity index is 950. The van der Waals surface area contributed by atoms with Gasteiger partial charge in [-0.2, -0.15) is 4.98 Å². The third kappa shape index (κ3) is 4.77. The molecule has 0 N–H and O–H groups in total. The zero-order valence-electron chi connectivity index (χ0n) is 19.0. The number of esters is 1. The van der Waals surface area contributed by atoms with E-state index in [0.29, 0.717) is 44.4 Å². The second-order valence-electron chi connectivity index (χ2n) is 9.17. The summed E-state index contributed by atoms with van der Waals surface area (Å²) in [6.45, 7) is 9.62. The molecule has 4 rings (SSSR count). The van der Waals surface area contributed by atoms with Crippen LogP contribution >= 0.6 is 0 Å². The quantitative estimate of drug-likeness (QED) is 0.630. The van der Waals surface area contributed by atoms with Gasteiger partial charge in [-0.05, 0) is 29.6 Å². The number of carbonyl (C=O) groups is 2. The normalized spacial score (nSPS) is 21.7. The molecule has 0 radical (unpaired) electrons. The SMILES string of the molecule is CC(C)C[C@H](C(=O)N1CCN(c2noc(-c3ccccc3)n2)CC1)C1OC(C)(C)OC1=O. The first kappa shape index (κ1) is 22.3. The standard InChI is InChI=1S/C23H30N4O5/c1-15(2)14-17(18-21(29)31-23(3,4)30-18)20(28)26-10-12-27(13-11-26)22-24-19(32-25-22)16-8-6-5-7-9-16/h5-9,15,17-18H,10-14H2,1-4H3/t17-,18?/m0/s1. The van der Waals surface area contributed by atoms with Gasteiger partial charge in [-0.1, -0.05) is 32.0 Å². The van der Waals surface area contributed by atoms with Crippen LogP contribution in [-0.4, -0.2) is 65.0 Å². The lowest BCUT2D eigenvalue weighted by Crippen LogP contribution is -2.53. The van der Waals surface area contributed by atoms with Crippen LogP contribution in [0, 0.1) is 11.8 Å². The Morgan fingerprint density at radius 2 is 1.84 bits per heavy atom. The van der Waals surface area contributed by atoms with Crippen molar-refractivity contribution in [3.63, 3.8) is 0 Å². The first-order valence-corrected chi connectivity index (χ1v) is 11.1. The maximum atomic E-state index is 13.4. The Morgan fingerprint density at radius 1 is 1.16 bits per heavy atom. The predicted octanol–water partition coefficient (Wildman–Crippen LogP) is 2.73. The van der Waals surface area contributed by atoms with Gasteiger partial charge in [0.2, 0.25) is 11.7 Å². The average molecular weight is 443 g/mol. The lowest BCUT2D eigenvalue weighted by molar-refractivity contribution is -0.163. The van der Waals surface area contributed by atoms with Gasteiger partial charge in [0.15, 0.2) is 6.10 Å². The molecule has 0 bridgehead atoms. The summed E-state index contributed by atoms with van der Waals surface area (Å²) in [5.74, 6) is -0.893. The fraction of sp³-hybridized carbons (Fsp3) is 0.565. The monoisotopic (exact) mass is 442 g/mol. The van der Waals surface area contributed by atoms with E-state index in [1.54, 1.807) is 18.7 Å². The molecule has 2 fully saturated rings. The number of cyclic esters (lactones) is 1. The van der Waals surface area contributed by atoms with E-state index in [2.05, 4.69) is 10.1 Å². The molecular weight excluding hydrogens is 412 g/mol. The maximum absolute atomic E-state index is 13.4. The minimum Gasteiger partial charge on any atom is -0.432 e. The van der Waals surface area contributed by atoms with Crippen LogP contribution in [0.5, 0.6) is 0 Å². The van der Waals surface area contributed by atoms with E-state index in [1.807, 2.05) is 49.1 Å². The van der Waals surface area contributed by atoms with Crippen molar-refractivity contribution in [3.05, 3.63) is 30.3 Å². The van der Waals surface area contributed by atoms with Crippen LogP contribution in [-0.2, 0) is 19.1 Å². The van der Waals surface area contributed by atoms with Crippen molar-refractivity contribution >= 4 is 17.8 Å². The van der Waals surface area contributed by atoms with Gasteiger partial charge in [0.05, 0.1) is 5.92 Å². The van der Waals surface area contributed by atoms with Crippen molar-refractivity contribution in [2.75, 3.05) is 31.1 Å². The van der Waals surface area contributed by atoms with Gasteiger partial charge in [0.1, 0.15) is 0 Å². The van der Waals surface area contributed by atoms with Crippen molar-refractivity contribution in [1.82, 2.24) is 15.0 Å². The molecule has 0 spiro atoms. The van der Waals surface area contributed by atoms with Gasteiger partial charge in [-0.25, -0.2) is 4.79 Å². The van der Waals surface area contributed by atoms with Crippen molar-refractivity contribution in [3.8, 4) is 11.5 Å². The molecule has 9 heteroatoms. The average Bonchev–Trinajstić information content (AvgIpc) is 3.36. The molecule has 0 saturated carbocycles. The number of nitrogens with zero attached hydrogens (tertiary/aromatic N) is 4.